The third-order valence-corrected chi connectivity index (χ3v) is 6.83. The SMILES string of the molecule is Cc1cccc(-c2cc(C(=O)Nc3nc(-c4cc(C)ccc4C)c(C)s3)c3ccccc3n2)c1. The van der Waals surface area contributed by atoms with Crippen molar-refractivity contribution in [2.24, 2.45) is 0 Å². The topological polar surface area (TPSA) is 54.9 Å². The zero-order valence-corrected chi connectivity index (χ0v) is 20.5. The Kier molecular flexibility index (Phi) is 5.72. The number of fused-ring (bicyclic) bond motifs is 1. The second-order valence-electron chi connectivity index (χ2n) is 8.64. The smallest absolute Gasteiger partial charge is 0.258 e. The summed E-state index contributed by atoms with van der Waals surface area (Å²) < 4.78 is 0. The molecule has 0 unspecified atom stereocenters. The van der Waals surface area contributed by atoms with Crippen molar-refractivity contribution >= 4 is 33.3 Å². The van der Waals surface area contributed by atoms with Gasteiger partial charge in [0.25, 0.3) is 5.91 Å². The van der Waals surface area contributed by atoms with E-state index in [1.165, 1.54) is 22.5 Å². The van der Waals surface area contributed by atoms with Gasteiger partial charge in [-0.2, -0.15) is 0 Å². The van der Waals surface area contributed by atoms with Gasteiger partial charge in [-0.15, -0.1) is 11.3 Å². The van der Waals surface area contributed by atoms with Crippen LogP contribution in [0.1, 0.15) is 31.9 Å². The Morgan fingerprint density at radius 1 is 0.824 bits per heavy atom. The first kappa shape index (κ1) is 22.0. The van der Waals surface area contributed by atoms with Gasteiger partial charge in [0.1, 0.15) is 0 Å². The third-order valence-electron chi connectivity index (χ3n) is 5.94. The van der Waals surface area contributed by atoms with E-state index >= 15 is 0 Å². The van der Waals surface area contributed by atoms with Crippen molar-refractivity contribution in [1.29, 1.82) is 0 Å². The molecule has 5 rings (SSSR count). The molecule has 0 aliphatic rings. The predicted octanol–water partition coefficient (Wildman–Crippen LogP) is 7.51. The molecule has 2 heterocycles. The molecule has 0 spiro atoms. The number of anilines is 1. The standard InChI is InChI=1S/C29H25N3OS/c1-17-8-7-9-21(14-17)26-16-24(22-10-5-6-11-25(22)30-26)28(33)32-29-31-27(20(4)34-29)23-15-18(2)12-13-19(23)3/h5-16H,1-4H3,(H,31,32,33). The minimum atomic E-state index is -0.186. The van der Waals surface area contributed by atoms with Crippen LogP contribution < -0.4 is 5.32 Å². The van der Waals surface area contributed by atoms with Crippen LogP contribution in [-0.2, 0) is 0 Å². The van der Waals surface area contributed by atoms with Crippen molar-refractivity contribution in [2.75, 3.05) is 5.32 Å². The summed E-state index contributed by atoms with van der Waals surface area (Å²) in [6.45, 7) is 8.26. The van der Waals surface area contributed by atoms with Crippen molar-refractivity contribution in [2.45, 2.75) is 27.7 Å². The molecule has 1 amide bonds. The van der Waals surface area contributed by atoms with E-state index in [4.69, 9.17) is 9.97 Å². The van der Waals surface area contributed by atoms with Crippen molar-refractivity contribution < 1.29 is 4.79 Å². The molecule has 0 radical (unpaired) electrons. The van der Waals surface area contributed by atoms with E-state index in [1.807, 2.05) is 49.4 Å². The first-order chi connectivity index (χ1) is 16.4. The molecule has 0 saturated heterocycles. The number of carbonyl (C=O) groups excluding carboxylic acids is 1. The van der Waals surface area contributed by atoms with Gasteiger partial charge in [0.15, 0.2) is 5.13 Å². The van der Waals surface area contributed by atoms with Crippen LogP contribution in [0, 0.1) is 27.7 Å². The highest BCUT2D eigenvalue weighted by molar-refractivity contribution is 7.16. The summed E-state index contributed by atoms with van der Waals surface area (Å²) in [5.74, 6) is -0.186. The van der Waals surface area contributed by atoms with E-state index < -0.39 is 0 Å². The molecular formula is C29H25N3OS. The minimum absolute atomic E-state index is 0.186. The summed E-state index contributed by atoms with van der Waals surface area (Å²) in [5.41, 5.74) is 8.66. The number of hydrogen-bond donors (Lipinski definition) is 1. The molecule has 0 saturated carbocycles. The van der Waals surface area contributed by atoms with E-state index in [0.29, 0.717) is 10.7 Å². The molecule has 168 valence electrons. The molecule has 0 aliphatic carbocycles. The molecule has 3 aromatic carbocycles. The average molecular weight is 464 g/mol. The van der Waals surface area contributed by atoms with Gasteiger partial charge in [-0.05, 0) is 57.5 Å². The number of nitrogens with zero attached hydrogens (tertiary/aromatic N) is 2. The van der Waals surface area contributed by atoms with Crippen molar-refractivity contribution in [3.63, 3.8) is 0 Å². The van der Waals surface area contributed by atoms with Gasteiger partial charge < -0.3 is 0 Å². The molecule has 0 fully saturated rings. The number of amides is 1. The Labute approximate surface area is 203 Å². The number of carbonyl (C=O) groups is 1. The number of nitrogens with one attached hydrogen (secondary N) is 1. The number of aromatic nitrogens is 2. The van der Waals surface area contributed by atoms with Crippen LogP contribution in [0.15, 0.2) is 72.8 Å². The van der Waals surface area contributed by atoms with Gasteiger partial charge in [-0.1, -0.05) is 59.7 Å². The molecule has 34 heavy (non-hydrogen) atoms. The van der Waals surface area contributed by atoms with E-state index in [1.54, 1.807) is 0 Å². The summed E-state index contributed by atoms with van der Waals surface area (Å²) in [7, 11) is 0. The summed E-state index contributed by atoms with van der Waals surface area (Å²) in [6, 6.07) is 24.1. The lowest BCUT2D eigenvalue weighted by Gasteiger charge is -2.10. The maximum absolute atomic E-state index is 13.5. The van der Waals surface area contributed by atoms with E-state index in [2.05, 4.69) is 56.4 Å². The minimum Gasteiger partial charge on any atom is -0.298 e. The fraction of sp³-hybridized carbons (Fsp3) is 0.138. The molecule has 5 heteroatoms. The lowest BCUT2D eigenvalue weighted by Crippen LogP contribution is -2.13. The quantitative estimate of drug-likeness (QED) is 0.300. The van der Waals surface area contributed by atoms with Crippen molar-refractivity contribution in [3.05, 3.63) is 99.9 Å². The zero-order chi connectivity index (χ0) is 23.8. The summed E-state index contributed by atoms with van der Waals surface area (Å²) >= 11 is 1.50. The monoisotopic (exact) mass is 463 g/mol. The second-order valence-corrected chi connectivity index (χ2v) is 9.84. The lowest BCUT2D eigenvalue weighted by atomic mass is 10.0. The van der Waals surface area contributed by atoms with Gasteiger partial charge in [0.2, 0.25) is 0 Å². The normalized spacial score (nSPS) is 11.1. The summed E-state index contributed by atoms with van der Waals surface area (Å²) in [6.07, 6.45) is 0. The second kappa shape index (κ2) is 8.84. The maximum Gasteiger partial charge on any atom is 0.258 e. The highest BCUT2D eigenvalue weighted by atomic mass is 32.1. The number of thiazole rings is 1. The van der Waals surface area contributed by atoms with Crippen LogP contribution in [0.25, 0.3) is 33.4 Å². The summed E-state index contributed by atoms with van der Waals surface area (Å²) in [5, 5.41) is 4.46. The van der Waals surface area contributed by atoms with Crippen LogP contribution >= 0.6 is 11.3 Å². The first-order valence-corrected chi connectivity index (χ1v) is 12.0. The highest BCUT2D eigenvalue weighted by Gasteiger charge is 2.18. The molecule has 5 aromatic rings. The van der Waals surface area contributed by atoms with E-state index in [9.17, 15) is 4.79 Å². The largest absolute Gasteiger partial charge is 0.298 e. The number of benzene rings is 3. The number of pyridine rings is 1. The number of rotatable bonds is 4. The Morgan fingerprint density at radius 3 is 2.44 bits per heavy atom. The molecule has 0 atom stereocenters. The average Bonchev–Trinajstić information content (AvgIpc) is 3.19. The van der Waals surface area contributed by atoms with E-state index in [-0.39, 0.29) is 5.91 Å². The first-order valence-electron chi connectivity index (χ1n) is 11.2. The van der Waals surface area contributed by atoms with Crippen LogP contribution in [0.3, 0.4) is 0 Å². The fourth-order valence-electron chi connectivity index (χ4n) is 4.17. The van der Waals surface area contributed by atoms with Crippen molar-refractivity contribution in [1.82, 2.24) is 9.97 Å². The molecule has 0 bridgehead atoms. The molecule has 2 aromatic heterocycles. The highest BCUT2D eigenvalue weighted by Crippen LogP contribution is 2.33. The van der Waals surface area contributed by atoms with Crippen molar-refractivity contribution in [3.8, 4) is 22.5 Å². The maximum atomic E-state index is 13.5. The van der Waals surface area contributed by atoms with Crippen LogP contribution in [0.4, 0.5) is 5.13 Å². The lowest BCUT2D eigenvalue weighted by molar-refractivity contribution is 0.102. The molecule has 1 N–H and O–H groups in total. The zero-order valence-electron chi connectivity index (χ0n) is 19.6. The Bertz CT molecular complexity index is 1550. The molecule has 0 aliphatic heterocycles. The Balaban J connectivity index is 1.54. The molecule has 4 nitrogen and oxygen atoms in total. The van der Waals surface area contributed by atoms with Gasteiger partial charge in [-0.25, -0.2) is 9.97 Å². The van der Waals surface area contributed by atoms with E-state index in [0.717, 1.165) is 43.9 Å². The van der Waals surface area contributed by atoms with Gasteiger partial charge in [0.05, 0.1) is 22.5 Å². The van der Waals surface area contributed by atoms with Gasteiger partial charge in [0, 0.05) is 21.4 Å². The molecular weight excluding hydrogens is 438 g/mol. The Hall–Kier alpha value is -3.83. The fourth-order valence-corrected chi connectivity index (χ4v) is 4.99. The number of para-hydroxylation sites is 1. The van der Waals surface area contributed by atoms with Gasteiger partial charge in [-0.3, -0.25) is 10.1 Å². The third kappa shape index (κ3) is 4.22. The van der Waals surface area contributed by atoms with Crippen LogP contribution in [0.5, 0.6) is 0 Å². The number of aryl methyl sites for hydroxylation is 4. The van der Waals surface area contributed by atoms with Crippen LogP contribution in [0.2, 0.25) is 0 Å². The predicted molar refractivity (Wildman–Crippen MR) is 142 cm³/mol. The Morgan fingerprint density at radius 2 is 1.62 bits per heavy atom. The summed E-state index contributed by atoms with van der Waals surface area (Å²) in [4.78, 5) is 24.2. The number of hydrogen-bond acceptors (Lipinski definition) is 4. The van der Waals surface area contributed by atoms with Gasteiger partial charge >= 0.3 is 0 Å². The van der Waals surface area contributed by atoms with Crippen LogP contribution in [-0.4, -0.2) is 15.9 Å².